The zero-order valence-corrected chi connectivity index (χ0v) is 27.4. The lowest BCUT2D eigenvalue weighted by atomic mass is 9.49. The van der Waals surface area contributed by atoms with Crippen molar-refractivity contribution in [2.45, 2.75) is 176 Å². The van der Waals surface area contributed by atoms with Gasteiger partial charge in [-0.25, -0.2) is 0 Å². The quantitative estimate of drug-likeness (QED) is 0.327. The summed E-state index contributed by atoms with van der Waals surface area (Å²) in [6, 6.07) is 1.34. The van der Waals surface area contributed by atoms with Crippen LogP contribution in [0.4, 0.5) is 0 Å². The molecule has 0 aromatic rings. The normalized spacial score (nSPS) is 39.4. The summed E-state index contributed by atoms with van der Waals surface area (Å²) >= 11 is 0. The Hall–Kier alpha value is -1.19. The van der Waals surface area contributed by atoms with Crippen LogP contribution in [0.15, 0.2) is 33.9 Å². The van der Waals surface area contributed by atoms with Crippen LogP contribution in [-0.2, 0) is 4.79 Å². The number of carbonyl (C=O) groups excluding carboxylic acids is 1. The topological polar surface area (TPSA) is 49.3 Å². The molecule has 0 spiro atoms. The van der Waals surface area contributed by atoms with E-state index in [0.29, 0.717) is 41.9 Å². The second-order valence-corrected chi connectivity index (χ2v) is 14.5. The number of ketones is 1. The van der Waals surface area contributed by atoms with Gasteiger partial charge in [0, 0.05) is 23.9 Å². The minimum Gasteiger partial charge on any atom is -0.390 e. The highest BCUT2D eigenvalue weighted by Crippen LogP contribution is 2.67. The van der Waals surface area contributed by atoms with Crippen LogP contribution in [0.25, 0.3) is 0 Å². The van der Waals surface area contributed by atoms with E-state index in [-0.39, 0.29) is 12.8 Å². The van der Waals surface area contributed by atoms with Crippen LogP contribution >= 0.6 is 0 Å². The van der Waals surface area contributed by atoms with Crippen LogP contribution in [-0.4, -0.2) is 28.6 Å². The molecule has 0 aromatic heterocycles. The largest absolute Gasteiger partial charge is 0.390 e. The predicted octanol–water partition coefficient (Wildman–Crippen LogP) is 10.0. The number of aliphatic hydroxyl groups is 1. The lowest BCUT2D eigenvalue weighted by Gasteiger charge is -2.56. The van der Waals surface area contributed by atoms with Crippen molar-refractivity contribution in [2.75, 3.05) is 0 Å². The second-order valence-electron chi connectivity index (χ2n) is 14.5. The molecule has 3 saturated carbocycles. The van der Waals surface area contributed by atoms with Gasteiger partial charge in [0.05, 0.1) is 5.60 Å². The summed E-state index contributed by atoms with van der Waals surface area (Å²) in [4.78, 5) is 12.4. The van der Waals surface area contributed by atoms with E-state index < -0.39 is 5.60 Å². The Morgan fingerprint density at radius 1 is 0.762 bits per heavy atom. The van der Waals surface area contributed by atoms with Gasteiger partial charge in [-0.3, -0.25) is 4.79 Å². The third kappa shape index (κ3) is 5.80. The van der Waals surface area contributed by atoms with Gasteiger partial charge in [-0.05, 0) is 131 Å². The van der Waals surface area contributed by atoms with E-state index in [1.807, 2.05) is 39.3 Å². The van der Waals surface area contributed by atoms with Gasteiger partial charge >= 0.3 is 0 Å². The molecule has 0 amide bonds. The van der Waals surface area contributed by atoms with E-state index in [9.17, 15) is 9.90 Å². The number of allylic oxidation sites excluding steroid dienone is 5. The van der Waals surface area contributed by atoms with Crippen molar-refractivity contribution in [1.82, 2.24) is 5.32 Å². The van der Waals surface area contributed by atoms with Gasteiger partial charge in [0.2, 0.25) is 0 Å². The Balaban J connectivity index is 0.000000778. The summed E-state index contributed by atoms with van der Waals surface area (Å²) in [5, 5.41) is 15.9. The van der Waals surface area contributed by atoms with Crippen LogP contribution in [0.3, 0.4) is 0 Å². The number of rotatable bonds is 3. The fourth-order valence-electron chi connectivity index (χ4n) is 10.8. The standard InChI is InChI=1S/C34H49NO2.2C2H6.CH4/c1-33-20-29(26-15-16-31(27-10-6-9-25(26)27)35-22-7-4-3-5-8-22)32-24-14-12-23(36)19-21(24)11-13-28(32)30(33)17-18-34(33,2)37;2*1-2;/h19,22,26,28-31,35,37H,3-18,20H2,1-2H3;2*1-2H3;1H4/t26?,28?,29?,30?,31?,33?,34-;;;/m0.../s1. The molecule has 7 aliphatic carbocycles. The first kappa shape index (κ1) is 33.7. The highest BCUT2D eigenvalue weighted by Gasteiger charge is 2.62. The van der Waals surface area contributed by atoms with Crippen molar-refractivity contribution < 1.29 is 9.90 Å². The average Bonchev–Trinajstić information content (AvgIpc) is 3.58. The lowest BCUT2D eigenvalue weighted by molar-refractivity contribution is -0.114. The molecule has 0 saturated heterocycles. The fraction of sp³-hybridized carbons (Fsp3) is 0.821. The molecule has 7 rings (SSSR count). The molecule has 0 aliphatic heterocycles. The van der Waals surface area contributed by atoms with Crippen LogP contribution in [0.2, 0.25) is 0 Å². The van der Waals surface area contributed by atoms with Gasteiger partial charge in [-0.1, -0.05) is 78.0 Å². The number of fused-ring (bicyclic) bond motifs is 4. The van der Waals surface area contributed by atoms with Gasteiger partial charge in [0.1, 0.15) is 0 Å². The maximum Gasteiger partial charge on any atom is 0.156 e. The maximum atomic E-state index is 12.4. The zero-order valence-electron chi connectivity index (χ0n) is 27.4. The smallest absolute Gasteiger partial charge is 0.156 e. The fourth-order valence-corrected chi connectivity index (χ4v) is 10.8. The van der Waals surface area contributed by atoms with Gasteiger partial charge in [0.25, 0.3) is 0 Å². The first-order valence-corrected chi connectivity index (χ1v) is 18.0. The summed E-state index contributed by atoms with van der Waals surface area (Å²) in [5.74, 6) is 2.76. The van der Waals surface area contributed by atoms with Crippen LogP contribution in [0.5, 0.6) is 0 Å². The van der Waals surface area contributed by atoms with Crippen molar-refractivity contribution in [3.05, 3.63) is 33.9 Å². The first-order valence-electron chi connectivity index (χ1n) is 18.0. The molecular formula is C39H65NO2. The van der Waals surface area contributed by atoms with E-state index in [1.165, 1.54) is 82.6 Å². The van der Waals surface area contributed by atoms with E-state index in [2.05, 4.69) is 19.2 Å². The highest BCUT2D eigenvalue weighted by atomic mass is 16.3. The third-order valence-electron chi connectivity index (χ3n) is 12.8. The minimum atomic E-state index is -0.558. The molecule has 3 heteroatoms. The number of nitrogens with one attached hydrogen (secondary N) is 1. The Labute approximate surface area is 259 Å². The monoisotopic (exact) mass is 580 g/mol. The van der Waals surface area contributed by atoms with Crippen molar-refractivity contribution in [2.24, 2.45) is 29.1 Å². The molecule has 0 aromatic carbocycles. The van der Waals surface area contributed by atoms with Gasteiger partial charge in [-0.2, -0.15) is 0 Å². The van der Waals surface area contributed by atoms with Crippen molar-refractivity contribution in [3.8, 4) is 0 Å². The summed E-state index contributed by atoms with van der Waals surface area (Å²) in [6.07, 6.45) is 22.7. The zero-order chi connectivity index (χ0) is 29.4. The van der Waals surface area contributed by atoms with Gasteiger partial charge in [0.15, 0.2) is 5.78 Å². The number of carbonyl (C=O) groups is 1. The number of hydrogen-bond donors (Lipinski definition) is 2. The van der Waals surface area contributed by atoms with Crippen LogP contribution < -0.4 is 5.32 Å². The summed E-state index contributed by atoms with van der Waals surface area (Å²) in [5.41, 5.74) is 7.81. The SMILES string of the molecule is C.CC.CC.CC12CC(C3CCC(NC4CCCCC4)C4=C3CCC4)C3=C4CCC(=O)C=C4CCC3C1CC[C@]2(C)O. The summed E-state index contributed by atoms with van der Waals surface area (Å²) in [7, 11) is 0. The number of hydrogen-bond acceptors (Lipinski definition) is 3. The molecular weight excluding hydrogens is 514 g/mol. The highest BCUT2D eigenvalue weighted by molar-refractivity contribution is 5.93. The summed E-state index contributed by atoms with van der Waals surface area (Å²) < 4.78 is 0. The van der Waals surface area contributed by atoms with E-state index in [1.54, 1.807) is 16.7 Å². The average molecular weight is 580 g/mol. The molecule has 3 fully saturated rings. The molecule has 6 unspecified atom stereocenters. The molecule has 0 heterocycles. The van der Waals surface area contributed by atoms with E-state index >= 15 is 0 Å². The Morgan fingerprint density at radius 3 is 2.21 bits per heavy atom. The molecule has 7 aliphatic rings. The Bertz CT molecular complexity index is 1060. The maximum absolute atomic E-state index is 12.4. The Kier molecular flexibility index (Phi) is 11.1. The van der Waals surface area contributed by atoms with Crippen LogP contribution in [0, 0.1) is 29.1 Å². The molecule has 2 N–H and O–H groups in total. The van der Waals surface area contributed by atoms with Gasteiger partial charge in [-0.15, -0.1) is 0 Å². The molecule has 0 bridgehead atoms. The van der Waals surface area contributed by atoms with Gasteiger partial charge < -0.3 is 10.4 Å². The van der Waals surface area contributed by atoms with Crippen molar-refractivity contribution >= 4 is 5.78 Å². The first-order chi connectivity index (χ1) is 19.9. The molecule has 3 nitrogen and oxygen atoms in total. The molecule has 42 heavy (non-hydrogen) atoms. The van der Waals surface area contributed by atoms with E-state index in [0.717, 1.165) is 31.7 Å². The molecule has 0 radical (unpaired) electrons. The van der Waals surface area contributed by atoms with Crippen molar-refractivity contribution in [3.63, 3.8) is 0 Å². The summed E-state index contributed by atoms with van der Waals surface area (Å²) in [6.45, 7) is 12.6. The van der Waals surface area contributed by atoms with Crippen molar-refractivity contribution in [1.29, 1.82) is 0 Å². The predicted molar refractivity (Wildman–Crippen MR) is 178 cm³/mol. The molecule has 238 valence electrons. The van der Waals surface area contributed by atoms with E-state index in [4.69, 9.17) is 0 Å². The molecule has 7 atom stereocenters. The third-order valence-corrected chi connectivity index (χ3v) is 12.8. The second kappa shape index (κ2) is 13.8. The Morgan fingerprint density at radius 2 is 1.48 bits per heavy atom. The lowest BCUT2D eigenvalue weighted by Crippen LogP contribution is -2.52. The minimum absolute atomic E-state index is 0. The van der Waals surface area contributed by atoms with Crippen LogP contribution in [0.1, 0.15) is 158 Å².